The van der Waals surface area contributed by atoms with Gasteiger partial charge in [-0.1, -0.05) is 11.3 Å². The van der Waals surface area contributed by atoms with Crippen LogP contribution in [-0.2, 0) is 19.5 Å². The number of methoxy groups -OCH3 is 2. The Morgan fingerprint density at radius 3 is 2.52 bits per heavy atom. The van der Waals surface area contributed by atoms with E-state index in [0.717, 1.165) is 42.6 Å². The molecule has 5 nitrogen and oxygen atoms in total. The number of nitrogens with zero attached hydrogens (tertiary/aromatic N) is 3. The van der Waals surface area contributed by atoms with E-state index in [2.05, 4.69) is 27.2 Å². The first-order valence-corrected chi connectivity index (χ1v) is 7.83. The average molecular weight is 326 g/mol. The summed E-state index contributed by atoms with van der Waals surface area (Å²) in [4.78, 5) is 2.34. The van der Waals surface area contributed by atoms with E-state index in [1.807, 2.05) is 0 Å². The molecule has 0 amide bonds. The maximum Gasteiger partial charge on any atom is 0.207 e. The highest BCUT2D eigenvalue weighted by Gasteiger charge is 2.20. The number of aromatic nitrogens is 2. The predicted molar refractivity (Wildman–Crippen MR) is 82.3 cm³/mol. The highest BCUT2D eigenvalue weighted by Crippen LogP contribution is 2.33. The summed E-state index contributed by atoms with van der Waals surface area (Å²) in [5.41, 5.74) is 2.59. The molecule has 1 aliphatic rings. The minimum absolute atomic E-state index is 0.494. The van der Waals surface area contributed by atoms with Gasteiger partial charge in [0.2, 0.25) is 4.47 Å². The number of hydrogen-bond donors (Lipinski definition) is 0. The molecule has 0 saturated carbocycles. The Kier molecular flexibility index (Phi) is 4.28. The molecule has 21 heavy (non-hydrogen) atoms. The molecule has 3 rings (SSSR count). The molecule has 2 heterocycles. The zero-order valence-electron chi connectivity index (χ0n) is 11.9. The third-order valence-corrected chi connectivity index (χ3v) is 4.60. The van der Waals surface area contributed by atoms with Gasteiger partial charge in [0.25, 0.3) is 0 Å². The van der Waals surface area contributed by atoms with Crippen molar-refractivity contribution in [2.24, 2.45) is 0 Å². The molecule has 0 saturated heterocycles. The van der Waals surface area contributed by atoms with Crippen LogP contribution in [0, 0.1) is 0 Å². The summed E-state index contributed by atoms with van der Waals surface area (Å²) in [6.45, 7) is 2.63. The van der Waals surface area contributed by atoms with E-state index < -0.39 is 0 Å². The fourth-order valence-corrected chi connectivity index (χ4v) is 3.47. The van der Waals surface area contributed by atoms with Gasteiger partial charge in [-0.25, -0.2) is 0 Å². The molecule has 1 aliphatic heterocycles. The van der Waals surface area contributed by atoms with Crippen LogP contribution in [0.2, 0.25) is 4.47 Å². The summed E-state index contributed by atoms with van der Waals surface area (Å²) in [6, 6.07) is 4.14. The van der Waals surface area contributed by atoms with E-state index in [9.17, 15) is 0 Å². The Morgan fingerprint density at radius 1 is 1.19 bits per heavy atom. The SMILES string of the molecule is COc1cc2c(cc1OC)CN(Cc1nnc(Cl)s1)CC2. The molecule has 0 radical (unpaired) electrons. The summed E-state index contributed by atoms with van der Waals surface area (Å²) in [5.74, 6) is 1.57. The van der Waals surface area contributed by atoms with Crippen LogP contribution in [0.15, 0.2) is 12.1 Å². The van der Waals surface area contributed by atoms with Crippen LogP contribution in [0.4, 0.5) is 0 Å². The summed E-state index contributed by atoms with van der Waals surface area (Å²) in [6.07, 6.45) is 0.988. The van der Waals surface area contributed by atoms with Crippen LogP contribution in [0.25, 0.3) is 0 Å². The molecule has 2 aromatic rings. The topological polar surface area (TPSA) is 47.5 Å². The molecule has 1 aromatic carbocycles. The van der Waals surface area contributed by atoms with Crippen molar-refractivity contribution >= 4 is 22.9 Å². The summed E-state index contributed by atoms with van der Waals surface area (Å²) in [5, 5.41) is 8.87. The standard InChI is InChI=1S/C14H16ClN3O2S/c1-19-11-5-9-3-4-18(7-10(9)6-12(11)20-2)8-13-16-17-14(15)21-13/h5-6H,3-4,7-8H2,1-2H3. The van der Waals surface area contributed by atoms with Crippen molar-refractivity contribution in [3.8, 4) is 11.5 Å². The van der Waals surface area contributed by atoms with E-state index in [0.29, 0.717) is 4.47 Å². The molecular weight excluding hydrogens is 310 g/mol. The van der Waals surface area contributed by atoms with E-state index in [4.69, 9.17) is 21.1 Å². The molecule has 0 unspecified atom stereocenters. The van der Waals surface area contributed by atoms with Crippen molar-refractivity contribution in [1.82, 2.24) is 15.1 Å². The number of fused-ring (bicyclic) bond motifs is 1. The molecule has 112 valence electrons. The molecule has 0 atom stereocenters. The van der Waals surface area contributed by atoms with Gasteiger partial charge in [0.1, 0.15) is 5.01 Å². The fourth-order valence-electron chi connectivity index (χ4n) is 2.56. The quantitative estimate of drug-likeness (QED) is 0.865. The number of benzene rings is 1. The smallest absolute Gasteiger partial charge is 0.207 e. The second kappa shape index (κ2) is 6.17. The monoisotopic (exact) mass is 325 g/mol. The van der Waals surface area contributed by atoms with Gasteiger partial charge in [-0.15, -0.1) is 10.2 Å². The molecule has 0 N–H and O–H groups in total. The first-order chi connectivity index (χ1) is 10.2. The summed E-state index contributed by atoms with van der Waals surface area (Å²) < 4.78 is 11.2. The first kappa shape index (κ1) is 14.6. The van der Waals surface area contributed by atoms with Gasteiger partial charge in [-0.3, -0.25) is 4.90 Å². The van der Waals surface area contributed by atoms with Crippen LogP contribution in [0.3, 0.4) is 0 Å². The maximum absolute atomic E-state index is 5.83. The number of rotatable bonds is 4. The molecule has 7 heteroatoms. The highest BCUT2D eigenvalue weighted by molar-refractivity contribution is 7.15. The van der Waals surface area contributed by atoms with Crippen LogP contribution < -0.4 is 9.47 Å². The molecule has 0 bridgehead atoms. The maximum atomic E-state index is 5.83. The van der Waals surface area contributed by atoms with Gasteiger partial charge in [-0.05, 0) is 41.3 Å². The van der Waals surface area contributed by atoms with Gasteiger partial charge in [0, 0.05) is 13.1 Å². The number of hydrogen-bond acceptors (Lipinski definition) is 6. The van der Waals surface area contributed by atoms with Gasteiger partial charge in [0.15, 0.2) is 11.5 Å². The Morgan fingerprint density at radius 2 is 1.90 bits per heavy atom. The molecule has 0 fully saturated rings. The Labute approximate surface area is 132 Å². The number of ether oxygens (including phenoxy) is 2. The Hall–Kier alpha value is -1.37. The molecule has 0 aliphatic carbocycles. The van der Waals surface area contributed by atoms with Gasteiger partial charge in [0.05, 0.1) is 20.8 Å². The largest absolute Gasteiger partial charge is 0.493 e. The van der Waals surface area contributed by atoms with Crippen molar-refractivity contribution in [3.05, 3.63) is 32.7 Å². The van der Waals surface area contributed by atoms with Crippen LogP contribution >= 0.6 is 22.9 Å². The molecule has 1 aromatic heterocycles. The number of halogens is 1. The summed E-state index contributed by atoms with van der Waals surface area (Å²) >= 11 is 7.26. The van der Waals surface area contributed by atoms with E-state index in [1.54, 1.807) is 14.2 Å². The van der Waals surface area contributed by atoms with Crippen molar-refractivity contribution < 1.29 is 9.47 Å². The van der Waals surface area contributed by atoms with E-state index in [1.165, 1.54) is 22.5 Å². The highest BCUT2D eigenvalue weighted by atomic mass is 35.5. The zero-order chi connectivity index (χ0) is 14.8. The normalized spacial score (nSPS) is 14.8. The van der Waals surface area contributed by atoms with E-state index in [-0.39, 0.29) is 0 Å². The minimum Gasteiger partial charge on any atom is -0.493 e. The van der Waals surface area contributed by atoms with Crippen molar-refractivity contribution in [2.75, 3.05) is 20.8 Å². The van der Waals surface area contributed by atoms with Crippen LogP contribution in [0.1, 0.15) is 16.1 Å². The average Bonchev–Trinajstić information content (AvgIpc) is 2.90. The van der Waals surface area contributed by atoms with Crippen molar-refractivity contribution in [3.63, 3.8) is 0 Å². The van der Waals surface area contributed by atoms with Crippen LogP contribution in [0.5, 0.6) is 11.5 Å². The van der Waals surface area contributed by atoms with Gasteiger partial charge < -0.3 is 9.47 Å². The minimum atomic E-state index is 0.494. The molecule has 0 spiro atoms. The first-order valence-electron chi connectivity index (χ1n) is 6.63. The third-order valence-electron chi connectivity index (χ3n) is 3.60. The van der Waals surface area contributed by atoms with Gasteiger partial charge >= 0.3 is 0 Å². The predicted octanol–water partition coefficient (Wildman–Crippen LogP) is 2.77. The second-order valence-electron chi connectivity index (χ2n) is 4.89. The fraction of sp³-hybridized carbons (Fsp3) is 0.429. The lowest BCUT2D eigenvalue weighted by Crippen LogP contribution is -2.30. The Bertz CT molecular complexity index is 647. The third kappa shape index (κ3) is 3.12. The molecular formula is C14H16ClN3O2S. The van der Waals surface area contributed by atoms with E-state index >= 15 is 0 Å². The Balaban J connectivity index is 1.78. The van der Waals surface area contributed by atoms with Crippen molar-refractivity contribution in [2.45, 2.75) is 19.5 Å². The lowest BCUT2D eigenvalue weighted by Gasteiger charge is -2.28. The summed E-state index contributed by atoms with van der Waals surface area (Å²) in [7, 11) is 3.33. The zero-order valence-corrected chi connectivity index (χ0v) is 13.5. The van der Waals surface area contributed by atoms with Gasteiger partial charge in [-0.2, -0.15) is 0 Å². The van der Waals surface area contributed by atoms with Crippen molar-refractivity contribution in [1.29, 1.82) is 0 Å². The second-order valence-corrected chi connectivity index (χ2v) is 6.53. The van der Waals surface area contributed by atoms with Crippen LogP contribution in [-0.4, -0.2) is 35.9 Å². The lowest BCUT2D eigenvalue weighted by molar-refractivity contribution is 0.243. The lowest BCUT2D eigenvalue weighted by atomic mass is 9.99.